The van der Waals surface area contributed by atoms with Crippen molar-refractivity contribution >= 4 is 17.7 Å². The first-order valence-electron chi connectivity index (χ1n) is 10.3. The molecule has 2 aromatic rings. The van der Waals surface area contributed by atoms with Gasteiger partial charge >= 0.3 is 6.03 Å². The maximum Gasteiger partial charge on any atom is 0.319 e. The highest BCUT2D eigenvalue weighted by Gasteiger charge is 2.26. The lowest BCUT2D eigenvalue weighted by Crippen LogP contribution is -2.44. The number of nitrogens with one attached hydrogen (secondary N) is 3. The Kier molecular flexibility index (Phi) is 4.81. The fraction of sp³-hybridized carbons (Fsp3) is 0.476. The van der Waals surface area contributed by atoms with Crippen molar-refractivity contribution in [3.8, 4) is 11.3 Å². The van der Waals surface area contributed by atoms with Gasteiger partial charge in [-0.15, -0.1) is 0 Å². The Hall–Kier alpha value is -2.71. The average Bonchev–Trinajstić information content (AvgIpc) is 3.40. The summed E-state index contributed by atoms with van der Waals surface area (Å²) in [6.07, 6.45) is 2.15. The van der Waals surface area contributed by atoms with Crippen LogP contribution in [-0.4, -0.2) is 47.8 Å². The standard InChI is InChI=1S/C21H26N6O2/c1-13-12-29-9-8-27(13)20-25-18-11-22-10-17(18)19(26-20)14-2-4-15(5-3-14)23-21(28)24-16-6-7-16/h2-5,13,16,22H,6-12H2,1H3,(H2,23,24,28)/t13-/m0/s1. The van der Waals surface area contributed by atoms with Crippen molar-refractivity contribution in [3.05, 3.63) is 35.5 Å². The molecule has 1 aliphatic carbocycles. The molecule has 2 fully saturated rings. The van der Waals surface area contributed by atoms with Crippen LogP contribution in [0.3, 0.4) is 0 Å². The highest BCUT2D eigenvalue weighted by Crippen LogP contribution is 2.30. The van der Waals surface area contributed by atoms with Crippen molar-refractivity contribution in [1.82, 2.24) is 20.6 Å². The normalized spacial score (nSPS) is 21.0. The summed E-state index contributed by atoms with van der Waals surface area (Å²) in [5, 5.41) is 9.22. The van der Waals surface area contributed by atoms with Gasteiger partial charge < -0.3 is 25.6 Å². The summed E-state index contributed by atoms with van der Waals surface area (Å²) in [4.78, 5) is 24.0. The topological polar surface area (TPSA) is 91.4 Å². The van der Waals surface area contributed by atoms with Crippen LogP contribution in [0.4, 0.5) is 16.4 Å². The van der Waals surface area contributed by atoms with Crippen LogP contribution in [0.5, 0.6) is 0 Å². The Morgan fingerprint density at radius 2 is 2.03 bits per heavy atom. The molecule has 3 N–H and O–H groups in total. The molecular formula is C21H26N6O2. The molecule has 8 nitrogen and oxygen atoms in total. The number of aromatic nitrogens is 2. The smallest absolute Gasteiger partial charge is 0.319 e. The van der Waals surface area contributed by atoms with Crippen LogP contribution in [0.2, 0.25) is 0 Å². The molecule has 3 heterocycles. The van der Waals surface area contributed by atoms with Crippen LogP contribution < -0.4 is 20.9 Å². The third-order valence-corrected chi connectivity index (χ3v) is 5.63. The van der Waals surface area contributed by atoms with Crippen molar-refractivity contribution in [1.29, 1.82) is 0 Å². The van der Waals surface area contributed by atoms with Crippen LogP contribution in [0.1, 0.15) is 31.0 Å². The number of benzene rings is 1. The molecule has 8 heteroatoms. The van der Waals surface area contributed by atoms with Crippen molar-refractivity contribution in [3.63, 3.8) is 0 Å². The van der Waals surface area contributed by atoms with Crippen LogP contribution in [0, 0.1) is 0 Å². The number of nitrogens with zero attached hydrogens (tertiary/aromatic N) is 3. The number of urea groups is 1. The number of anilines is 2. The molecule has 1 aromatic heterocycles. The van der Waals surface area contributed by atoms with Crippen molar-refractivity contribution in [2.24, 2.45) is 0 Å². The quantitative estimate of drug-likeness (QED) is 0.737. The zero-order chi connectivity index (χ0) is 19.8. The molecule has 1 saturated heterocycles. The number of amides is 2. The van der Waals surface area contributed by atoms with E-state index in [0.717, 1.165) is 66.6 Å². The molecule has 0 bridgehead atoms. The molecule has 1 saturated carbocycles. The number of fused-ring (bicyclic) bond motifs is 1. The van der Waals surface area contributed by atoms with Crippen LogP contribution in [-0.2, 0) is 17.8 Å². The van der Waals surface area contributed by atoms with E-state index in [1.165, 1.54) is 0 Å². The van der Waals surface area contributed by atoms with Gasteiger partial charge in [0.1, 0.15) is 0 Å². The number of ether oxygens (including phenoxy) is 1. The molecular weight excluding hydrogens is 368 g/mol. The van der Waals surface area contributed by atoms with E-state index in [4.69, 9.17) is 14.7 Å². The zero-order valence-electron chi connectivity index (χ0n) is 16.6. The van der Waals surface area contributed by atoms with E-state index in [1.54, 1.807) is 0 Å². The van der Waals surface area contributed by atoms with Gasteiger partial charge in [0.15, 0.2) is 0 Å². The minimum Gasteiger partial charge on any atom is -0.377 e. The van der Waals surface area contributed by atoms with E-state index in [9.17, 15) is 4.79 Å². The number of morpholine rings is 1. The summed E-state index contributed by atoms with van der Waals surface area (Å²) < 4.78 is 5.56. The van der Waals surface area contributed by atoms with Gasteiger partial charge in [0.25, 0.3) is 0 Å². The second kappa shape index (κ2) is 7.61. The van der Waals surface area contributed by atoms with E-state index in [1.807, 2.05) is 24.3 Å². The summed E-state index contributed by atoms with van der Waals surface area (Å²) in [6, 6.07) is 8.33. The first-order valence-corrected chi connectivity index (χ1v) is 10.3. The van der Waals surface area contributed by atoms with E-state index in [-0.39, 0.29) is 12.1 Å². The van der Waals surface area contributed by atoms with Crippen LogP contribution >= 0.6 is 0 Å². The lowest BCUT2D eigenvalue weighted by Gasteiger charge is -2.33. The third kappa shape index (κ3) is 3.90. The minimum absolute atomic E-state index is 0.143. The molecule has 29 heavy (non-hydrogen) atoms. The molecule has 0 unspecified atom stereocenters. The fourth-order valence-corrected chi connectivity index (χ4v) is 3.84. The Bertz CT molecular complexity index is 912. The Balaban J connectivity index is 1.41. The van der Waals surface area contributed by atoms with E-state index in [2.05, 4.69) is 27.8 Å². The van der Waals surface area contributed by atoms with Crippen molar-refractivity contribution in [2.45, 2.75) is 44.9 Å². The van der Waals surface area contributed by atoms with E-state index in [0.29, 0.717) is 19.3 Å². The number of hydrogen-bond acceptors (Lipinski definition) is 6. The number of carbonyl (C=O) groups is 1. The highest BCUT2D eigenvalue weighted by molar-refractivity contribution is 5.90. The molecule has 0 spiro atoms. The average molecular weight is 394 g/mol. The zero-order valence-corrected chi connectivity index (χ0v) is 16.6. The Morgan fingerprint density at radius 1 is 1.21 bits per heavy atom. The lowest BCUT2D eigenvalue weighted by atomic mass is 10.1. The van der Waals surface area contributed by atoms with Gasteiger partial charge in [-0.1, -0.05) is 12.1 Å². The first kappa shape index (κ1) is 18.3. The van der Waals surface area contributed by atoms with Gasteiger partial charge in [-0.25, -0.2) is 14.8 Å². The minimum atomic E-state index is -0.143. The summed E-state index contributed by atoms with van der Waals surface area (Å²) >= 11 is 0. The molecule has 1 atom stereocenters. The van der Waals surface area contributed by atoms with E-state index >= 15 is 0 Å². The van der Waals surface area contributed by atoms with Crippen molar-refractivity contribution < 1.29 is 9.53 Å². The maximum absolute atomic E-state index is 12.0. The predicted octanol–water partition coefficient (Wildman–Crippen LogP) is 2.26. The third-order valence-electron chi connectivity index (χ3n) is 5.63. The summed E-state index contributed by atoms with van der Waals surface area (Å²) in [5.74, 6) is 0.768. The second-order valence-corrected chi connectivity index (χ2v) is 7.97. The summed E-state index contributed by atoms with van der Waals surface area (Å²) in [7, 11) is 0. The van der Waals surface area contributed by atoms with Gasteiger partial charge in [-0.05, 0) is 31.9 Å². The predicted molar refractivity (Wildman–Crippen MR) is 111 cm³/mol. The van der Waals surface area contributed by atoms with Crippen LogP contribution in [0.15, 0.2) is 24.3 Å². The first-order chi connectivity index (χ1) is 14.2. The molecule has 2 aliphatic heterocycles. The summed E-state index contributed by atoms with van der Waals surface area (Å²) in [6.45, 7) is 5.86. The van der Waals surface area contributed by atoms with Gasteiger partial charge in [-0.2, -0.15) is 0 Å². The molecule has 5 rings (SSSR count). The molecule has 3 aliphatic rings. The summed E-state index contributed by atoms with van der Waals surface area (Å²) in [5.41, 5.74) is 4.99. The Labute approximate surface area is 170 Å². The maximum atomic E-state index is 12.0. The SMILES string of the molecule is C[C@H]1COCCN1c1nc2c(c(-c3ccc(NC(=O)NC4CC4)cc3)n1)CNC2. The monoisotopic (exact) mass is 394 g/mol. The Morgan fingerprint density at radius 3 is 2.79 bits per heavy atom. The van der Waals surface area contributed by atoms with Gasteiger partial charge in [0, 0.05) is 42.5 Å². The molecule has 0 radical (unpaired) electrons. The number of carbonyl (C=O) groups excluding carboxylic acids is 1. The van der Waals surface area contributed by atoms with Gasteiger partial charge in [0.05, 0.1) is 30.6 Å². The molecule has 2 amide bonds. The fourth-order valence-electron chi connectivity index (χ4n) is 3.84. The number of rotatable bonds is 4. The highest BCUT2D eigenvalue weighted by atomic mass is 16.5. The second-order valence-electron chi connectivity index (χ2n) is 7.97. The molecule has 1 aromatic carbocycles. The van der Waals surface area contributed by atoms with Crippen LogP contribution in [0.25, 0.3) is 11.3 Å². The molecule has 152 valence electrons. The largest absolute Gasteiger partial charge is 0.377 e. The van der Waals surface area contributed by atoms with E-state index < -0.39 is 0 Å². The van der Waals surface area contributed by atoms with Crippen molar-refractivity contribution in [2.75, 3.05) is 30.0 Å². The van der Waals surface area contributed by atoms with Gasteiger partial charge in [0.2, 0.25) is 5.95 Å². The number of hydrogen-bond donors (Lipinski definition) is 3. The lowest BCUT2D eigenvalue weighted by molar-refractivity contribution is 0.0981. The van der Waals surface area contributed by atoms with Gasteiger partial charge in [-0.3, -0.25) is 0 Å².